The summed E-state index contributed by atoms with van der Waals surface area (Å²) in [6.07, 6.45) is 3.56. The molecule has 9 heteroatoms. The number of nitrogens with one attached hydrogen (secondary N) is 2. The standard InChI is InChI=1S/C19H18Cl2N6O/c1-10-7-11(2)24-19(23-10)26-25-18(28)14-9-22-27(17(14)12-3-4-12)16-6-5-13(20)8-15(16)21/h5-9,12H,3-4H2,1-2H3,(H,25,28)(H,23,24,26). The summed E-state index contributed by atoms with van der Waals surface area (Å²) in [6.45, 7) is 3.74. The lowest BCUT2D eigenvalue weighted by molar-refractivity contribution is 0.0961. The van der Waals surface area contributed by atoms with Crippen LogP contribution >= 0.6 is 23.2 Å². The van der Waals surface area contributed by atoms with Crippen molar-refractivity contribution in [1.29, 1.82) is 0 Å². The summed E-state index contributed by atoms with van der Waals surface area (Å²) in [4.78, 5) is 21.3. The first kappa shape index (κ1) is 18.7. The van der Waals surface area contributed by atoms with Gasteiger partial charge in [-0.3, -0.25) is 15.6 Å². The van der Waals surface area contributed by atoms with E-state index in [1.54, 1.807) is 29.1 Å². The molecule has 1 saturated carbocycles. The Bertz CT molecular complexity index is 1040. The first-order valence-electron chi connectivity index (χ1n) is 8.84. The first-order valence-corrected chi connectivity index (χ1v) is 9.60. The second kappa shape index (κ2) is 7.41. The summed E-state index contributed by atoms with van der Waals surface area (Å²) in [5, 5.41) is 5.44. The van der Waals surface area contributed by atoms with Crippen molar-refractivity contribution in [3.05, 3.63) is 63.2 Å². The maximum absolute atomic E-state index is 12.8. The number of hydrogen-bond donors (Lipinski definition) is 2. The molecule has 0 bridgehead atoms. The van der Waals surface area contributed by atoms with Gasteiger partial charge in [-0.1, -0.05) is 23.2 Å². The van der Waals surface area contributed by atoms with Crippen LogP contribution in [0, 0.1) is 13.8 Å². The van der Waals surface area contributed by atoms with Gasteiger partial charge in [0.15, 0.2) is 0 Å². The molecule has 4 rings (SSSR count). The number of aryl methyl sites for hydroxylation is 2. The van der Waals surface area contributed by atoms with Gasteiger partial charge in [0.1, 0.15) is 0 Å². The number of halogens is 2. The fourth-order valence-electron chi connectivity index (χ4n) is 3.09. The van der Waals surface area contributed by atoms with Crippen LogP contribution in [-0.2, 0) is 0 Å². The molecule has 144 valence electrons. The molecule has 0 saturated heterocycles. The number of carbonyl (C=O) groups excluding carboxylic acids is 1. The quantitative estimate of drug-likeness (QED) is 0.608. The van der Waals surface area contributed by atoms with Crippen LogP contribution in [0.1, 0.15) is 46.2 Å². The molecule has 3 aromatic rings. The molecule has 0 aliphatic heterocycles. The van der Waals surface area contributed by atoms with E-state index in [0.29, 0.717) is 27.2 Å². The Kier molecular flexibility index (Phi) is 4.95. The third kappa shape index (κ3) is 3.81. The van der Waals surface area contributed by atoms with Crippen LogP contribution in [0.2, 0.25) is 10.0 Å². The lowest BCUT2D eigenvalue weighted by Gasteiger charge is -2.11. The molecule has 1 amide bonds. The van der Waals surface area contributed by atoms with Crippen LogP contribution in [0.15, 0.2) is 30.5 Å². The van der Waals surface area contributed by atoms with Crippen molar-refractivity contribution in [3.63, 3.8) is 0 Å². The van der Waals surface area contributed by atoms with Crippen molar-refractivity contribution in [2.75, 3.05) is 5.43 Å². The Hall–Kier alpha value is -2.64. The second-order valence-corrected chi connectivity index (χ2v) is 7.62. The summed E-state index contributed by atoms with van der Waals surface area (Å²) in [5.74, 6) is 0.306. The van der Waals surface area contributed by atoms with Crippen LogP contribution in [0.4, 0.5) is 5.95 Å². The molecule has 1 aliphatic carbocycles. The molecule has 0 radical (unpaired) electrons. The van der Waals surface area contributed by atoms with Crippen molar-refractivity contribution < 1.29 is 4.79 Å². The third-order valence-corrected chi connectivity index (χ3v) is 4.96. The van der Waals surface area contributed by atoms with Gasteiger partial charge < -0.3 is 0 Å². The minimum Gasteiger partial charge on any atom is -0.267 e. The Morgan fingerprint density at radius 1 is 1.14 bits per heavy atom. The first-order chi connectivity index (χ1) is 13.4. The molecule has 0 unspecified atom stereocenters. The van der Waals surface area contributed by atoms with E-state index < -0.39 is 0 Å². The van der Waals surface area contributed by atoms with E-state index in [0.717, 1.165) is 29.9 Å². The maximum atomic E-state index is 12.8. The Morgan fingerprint density at radius 2 is 1.86 bits per heavy atom. The van der Waals surface area contributed by atoms with Crippen LogP contribution < -0.4 is 10.9 Å². The van der Waals surface area contributed by atoms with Crippen LogP contribution in [-0.4, -0.2) is 25.7 Å². The summed E-state index contributed by atoms with van der Waals surface area (Å²) >= 11 is 12.3. The van der Waals surface area contributed by atoms with Crippen LogP contribution in [0.3, 0.4) is 0 Å². The van der Waals surface area contributed by atoms with Crippen LogP contribution in [0.25, 0.3) is 5.69 Å². The number of anilines is 1. The van der Waals surface area contributed by atoms with Gasteiger partial charge in [-0.2, -0.15) is 5.10 Å². The Labute approximate surface area is 172 Å². The summed E-state index contributed by atoms with van der Waals surface area (Å²) in [5.41, 5.74) is 9.08. The van der Waals surface area contributed by atoms with E-state index in [9.17, 15) is 4.79 Å². The summed E-state index contributed by atoms with van der Waals surface area (Å²) < 4.78 is 1.72. The molecule has 28 heavy (non-hydrogen) atoms. The highest BCUT2D eigenvalue weighted by atomic mass is 35.5. The molecule has 0 atom stereocenters. The number of hydrazine groups is 1. The van der Waals surface area contributed by atoms with Crippen molar-refractivity contribution in [1.82, 2.24) is 25.2 Å². The molecule has 1 aromatic carbocycles. The van der Waals surface area contributed by atoms with Gasteiger partial charge in [-0.05, 0) is 51.0 Å². The fourth-order valence-corrected chi connectivity index (χ4v) is 3.58. The number of rotatable bonds is 5. The summed E-state index contributed by atoms with van der Waals surface area (Å²) in [6, 6.07) is 7.07. The zero-order chi connectivity index (χ0) is 19.8. The van der Waals surface area contributed by atoms with Gasteiger partial charge in [0, 0.05) is 22.3 Å². The normalized spacial score (nSPS) is 13.4. The molecule has 2 heterocycles. The van der Waals surface area contributed by atoms with E-state index in [4.69, 9.17) is 23.2 Å². The number of hydrogen-bond acceptors (Lipinski definition) is 5. The maximum Gasteiger partial charge on any atom is 0.273 e. The average molecular weight is 417 g/mol. The molecule has 2 N–H and O–H groups in total. The minimum atomic E-state index is -0.305. The highest BCUT2D eigenvalue weighted by molar-refractivity contribution is 6.35. The van der Waals surface area contributed by atoms with Gasteiger partial charge in [0.05, 0.1) is 28.2 Å². The van der Waals surface area contributed by atoms with Gasteiger partial charge in [0.25, 0.3) is 5.91 Å². The van der Waals surface area contributed by atoms with Crippen molar-refractivity contribution >= 4 is 35.1 Å². The smallest absolute Gasteiger partial charge is 0.267 e. The molecule has 1 fully saturated rings. The van der Waals surface area contributed by atoms with E-state index in [-0.39, 0.29) is 11.8 Å². The number of aromatic nitrogens is 4. The van der Waals surface area contributed by atoms with E-state index in [1.807, 2.05) is 19.9 Å². The zero-order valence-electron chi connectivity index (χ0n) is 15.3. The third-order valence-electron chi connectivity index (χ3n) is 4.42. The summed E-state index contributed by atoms with van der Waals surface area (Å²) in [7, 11) is 0. The Balaban J connectivity index is 1.61. The van der Waals surface area contributed by atoms with Crippen molar-refractivity contribution in [3.8, 4) is 5.69 Å². The zero-order valence-corrected chi connectivity index (χ0v) is 16.8. The monoisotopic (exact) mass is 416 g/mol. The van der Waals surface area contributed by atoms with E-state index in [1.165, 1.54) is 0 Å². The lowest BCUT2D eigenvalue weighted by Crippen LogP contribution is -2.31. The van der Waals surface area contributed by atoms with Crippen molar-refractivity contribution in [2.24, 2.45) is 0 Å². The fraction of sp³-hybridized carbons (Fsp3) is 0.263. The number of amides is 1. The highest BCUT2D eigenvalue weighted by Crippen LogP contribution is 2.43. The average Bonchev–Trinajstić information content (AvgIpc) is 3.38. The van der Waals surface area contributed by atoms with Gasteiger partial charge in [0.2, 0.25) is 5.95 Å². The molecular formula is C19H18Cl2N6O. The number of carbonyl (C=O) groups is 1. The molecule has 0 spiro atoms. The van der Waals surface area contributed by atoms with E-state index in [2.05, 4.69) is 25.9 Å². The van der Waals surface area contributed by atoms with Gasteiger partial charge >= 0.3 is 0 Å². The molecule has 2 aromatic heterocycles. The lowest BCUT2D eigenvalue weighted by atomic mass is 10.1. The highest BCUT2D eigenvalue weighted by Gasteiger charge is 2.33. The second-order valence-electron chi connectivity index (χ2n) is 6.78. The Morgan fingerprint density at radius 3 is 2.50 bits per heavy atom. The number of nitrogens with zero attached hydrogens (tertiary/aromatic N) is 4. The number of benzene rings is 1. The minimum absolute atomic E-state index is 0.271. The van der Waals surface area contributed by atoms with Crippen molar-refractivity contribution in [2.45, 2.75) is 32.6 Å². The van der Waals surface area contributed by atoms with Crippen LogP contribution in [0.5, 0.6) is 0 Å². The molecule has 7 nitrogen and oxygen atoms in total. The predicted molar refractivity (Wildman–Crippen MR) is 108 cm³/mol. The SMILES string of the molecule is Cc1cc(C)nc(NNC(=O)c2cnn(-c3ccc(Cl)cc3Cl)c2C2CC2)n1. The van der Waals surface area contributed by atoms with Gasteiger partial charge in [-0.25, -0.2) is 14.6 Å². The largest absolute Gasteiger partial charge is 0.273 e. The van der Waals surface area contributed by atoms with E-state index >= 15 is 0 Å². The van der Waals surface area contributed by atoms with Gasteiger partial charge in [-0.15, -0.1) is 0 Å². The molecular weight excluding hydrogens is 399 g/mol. The predicted octanol–water partition coefficient (Wildman–Crippen LogP) is 4.22. The molecule has 1 aliphatic rings. The topological polar surface area (TPSA) is 84.7 Å².